The van der Waals surface area contributed by atoms with E-state index >= 15 is 0 Å². The predicted octanol–water partition coefficient (Wildman–Crippen LogP) is 1.11. The first-order valence-corrected chi connectivity index (χ1v) is 4.21. The number of rotatable bonds is 3. The van der Waals surface area contributed by atoms with Gasteiger partial charge in [-0.15, -0.1) is 0 Å². The zero-order chi connectivity index (χ0) is 11.4. The highest BCUT2D eigenvalue weighted by Crippen LogP contribution is 2.24. The average molecular weight is 231 g/mol. The first-order valence-electron chi connectivity index (χ1n) is 3.83. The number of hydrazine groups is 1. The Morgan fingerprint density at radius 1 is 1.67 bits per heavy atom. The van der Waals surface area contributed by atoms with Crippen LogP contribution in [0.2, 0.25) is 5.02 Å². The third-order valence-electron chi connectivity index (χ3n) is 1.39. The highest BCUT2D eigenvalue weighted by Gasteiger charge is 2.15. The third kappa shape index (κ3) is 3.06. The van der Waals surface area contributed by atoms with Gasteiger partial charge < -0.3 is 0 Å². The first-order chi connectivity index (χ1) is 7.00. The molecule has 1 amide bonds. The van der Waals surface area contributed by atoms with Crippen molar-refractivity contribution < 1.29 is 9.72 Å². The van der Waals surface area contributed by atoms with Gasteiger partial charge in [0.2, 0.25) is 11.7 Å². The number of nitro groups is 1. The molecule has 0 spiro atoms. The zero-order valence-corrected chi connectivity index (χ0v) is 8.41. The van der Waals surface area contributed by atoms with E-state index < -0.39 is 4.92 Å². The molecule has 1 aromatic rings. The molecule has 0 bridgehead atoms. The van der Waals surface area contributed by atoms with Gasteiger partial charge in [-0.3, -0.25) is 25.8 Å². The number of aromatic nitrogens is 1. The molecule has 0 aliphatic carbocycles. The Labute approximate surface area is 89.6 Å². The van der Waals surface area contributed by atoms with Crippen molar-refractivity contribution in [1.82, 2.24) is 10.4 Å². The van der Waals surface area contributed by atoms with Crippen molar-refractivity contribution in [3.63, 3.8) is 0 Å². The second-order valence-corrected chi connectivity index (χ2v) is 3.02. The lowest BCUT2D eigenvalue weighted by atomic mass is 10.4. The molecule has 1 aromatic heterocycles. The Balaban J connectivity index is 2.95. The Morgan fingerprint density at radius 2 is 2.33 bits per heavy atom. The predicted molar refractivity (Wildman–Crippen MR) is 53.3 cm³/mol. The summed E-state index contributed by atoms with van der Waals surface area (Å²) in [7, 11) is 0. The molecule has 7 nitrogen and oxygen atoms in total. The fourth-order valence-corrected chi connectivity index (χ4v) is 0.963. The SMILES string of the molecule is CC(=O)NNc1ncc(Cl)cc1[N+](=O)[O-]. The van der Waals surface area contributed by atoms with Crippen LogP contribution in [0.25, 0.3) is 0 Å². The van der Waals surface area contributed by atoms with Gasteiger partial charge in [0.15, 0.2) is 0 Å². The molecule has 0 aliphatic rings. The molecule has 1 rings (SSSR count). The molecule has 0 unspecified atom stereocenters. The molecule has 15 heavy (non-hydrogen) atoms. The van der Waals surface area contributed by atoms with Gasteiger partial charge in [-0.05, 0) is 0 Å². The number of carbonyl (C=O) groups is 1. The van der Waals surface area contributed by atoms with Gasteiger partial charge in [0.05, 0.1) is 9.95 Å². The Hall–Kier alpha value is -1.89. The summed E-state index contributed by atoms with van der Waals surface area (Å²) < 4.78 is 0. The smallest absolute Gasteiger partial charge is 0.276 e. The van der Waals surface area contributed by atoms with Crippen molar-refractivity contribution in [2.75, 3.05) is 5.43 Å². The second-order valence-electron chi connectivity index (χ2n) is 2.58. The number of nitrogens with one attached hydrogen (secondary N) is 2. The Morgan fingerprint density at radius 3 is 2.87 bits per heavy atom. The molecular weight excluding hydrogens is 224 g/mol. The molecule has 0 atom stereocenters. The topological polar surface area (TPSA) is 97.2 Å². The molecule has 0 aliphatic heterocycles. The minimum absolute atomic E-state index is 0.0698. The number of anilines is 1. The van der Waals surface area contributed by atoms with Gasteiger partial charge in [-0.2, -0.15) is 0 Å². The van der Waals surface area contributed by atoms with Crippen LogP contribution in [0.1, 0.15) is 6.92 Å². The summed E-state index contributed by atoms with van der Waals surface area (Å²) >= 11 is 5.54. The molecule has 2 N–H and O–H groups in total. The molecular formula is C7H7ClN4O3. The minimum Gasteiger partial charge on any atom is -0.276 e. The van der Waals surface area contributed by atoms with Crippen LogP contribution in [0.15, 0.2) is 12.3 Å². The van der Waals surface area contributed by atoms with Crippen LogP contribution in [0.3, 0.4) is 0 Å². The van der Waals surface area contributed by atoms with Crippen LogP contribution >= 0.6 is 11.6 Å². The standard InChI is InChI=1S/C7H7ClN4O3/c1-4(13)10-11-7-6(12(14)15)2-5(8)3-9-7/h2-3H,1H3,(H,9,11)(H,10,13). The van der Waals surface area contributed by atoms with Crippen molar-refractivity contribution in [3.05, 3.63) is 27.4 Å². The van der Waals surface area contributed by atoms with Gasteiger partial charge in [-0.1, -0.05) is 11.6 Å². The van der Waals surface area contributed by atoms with Crippen LogP contribution in [-0.4, -0.2) is 15.8 Å². The number of pyridine rings is 1. The lowest BCUT2D eigenvalue weighted by Gasteiger charge is -2.05. The summed E-state index contributed by atoms with van der Waals surface area (Å²) in [5, 5.41) is 10.7. The lowest BCUT2D eigenvalue weighted by Crippen LogP contribution is -2.27. The van der Waals surface area contributed by atoms with Crippen LogP contribution in [0.5, 0.6) is 0 Å². The summed E-state index contributed by atoms with van der Waals surface area (Å²) in [4.78, 5) is 24.2. The molecule has 0 radical (unpaired) electrons. The largest absolute Gasteiger partial charge is 0.314 e. The molecule has 0 saturated heterocycles. The van der Waals surface area contributed by atoms with E-state index in [0.29, 0.717) is 0 Å². The number of amides is 1. The Kier molecular flexibility index (Phi) is 3.40. The fraction of sp³-hybridized carbons (Fsp3) is 0.143. The van der Waals surface area contributed by atoms with E-state index in [4.69, 9.17) is 11.6 Å². The van der Waals surface area contributed by atoms with Gasteiger partial charge in [0.25, 0.3) is 0 Å². The van der Waals surface area contributed by atoms with Crippen molar-refractivity contribution in [2.24, 2.45) is 0 Å². The van der Waals surface area contributed by atoms with Crippen molar-refractivity contribution in [1.29, 1.82) is 0 Å². The normalized spacial score (nSPS) is 9.47. The van der Waals surface area contributed by atoms with E-state index in [1.54, 1.807) is 0 Å². The van der Waals surface area contributed by atoms with Crippen molar-refractivity contribution in [2.45, 2.75) is 6.92 Å². The molecule has 80 valence electrons. The average Bonchev–Trinajstić information content (AvgIpc) is 2.15. The van der Waals surface area contributed by atoms with E-state index in [2.05, 4.69) is 15.8 Å². The highest BCUT2D eigenvalue weighted by atomic mass is 35.5. The number of hydrogen-bond donors (Lipinski definition) is 2. The van der Waals surface area contributed by atoms with Crippen LogP contribution in [0.4, 0.5) is 11.5 Å². The van der Waals surface area contributed by atoms with Gasteiger partial charge in [-0.25, -0.2) is 4.98 Å². The van der Waals surface area contributed by atoms with Crippen LogP contribution < -0.4 is 10.9 Å². The Bertz CT molecular complexity index is 409. The van der Waals surface area contributed by atoms with E-state index in [-0.39, 0.29) is 22.4 Å². The summed E-state index contributed by atoms with van der Waals surface area (Å²) in [6, 6.07) is 1.14. The maximum absolute atomic E-state index is 10.6. The second kappa shape index (κ2) is 4.56. The zero-order valence-electron chi connectivity index (χ0n) is 7.65. The molecule has 8 heteroatoms. The van der Waals surface area contributed by atoms with Gasteiger partial charge in [0.1, 0.15) is 0 Å². The van der Waals surface area contributed by atoms with E-state index in [0.717, 1.165) is 6.07 Å². The number of carbonyl (C=O) groups excluding carboxylic acids is 1. The monoisotopic (exact) mass is 230 g/mol. The lowest BCUT2D eigenvalue weighted by molar-refractivity contribution is -0.384. The summed E-state index contributed by atoms with van der Waals surface area (Å²) in [5.41, 5.74) is 4.18. The number of hydrogen-bond acceptors (Lipinski definition) is 5. The molecule has 0 fully saturated rings. The quantitative estimate of drug-likeness (QED) is 0.599. The summed E-state index contributed by atoms with van der Waals surface area (Å²) in [6.07, 6.45) is 1.23. The van der Waals surface area contributed by atoms with E-state index in [1.165, 1.54) is 13.1 Å². The van der Waals surface area contributed by atoms with Crippen molar-refractivity contribution in [3.8, 4) is 0 Å². The minimum atomic E-state index is -0.650. The van der Waals surface area contributed by atoms with Crippen LogP contribution in [-0.2, 0) is 4.79 Å². The summed E-state index contributed by atoms with van der Waals surface area (Å²) in [5.74, 6) is -0.458. The fourth-order valence-electron chi connectivity index (χ4n) is 0.811. The van der Waals surface area contributed by atoms with Gasteiger partial charge >= 0.3 is 5.69 Å². The summed E-state index contributed by atoms with van der Waals surface area (Å²) in [6.45, 7) is 1.26. The molecule has 0 saturated carbocycles. The number of halogens is 1. The molecule has 0 aromatic carbocycles. The van der Waals surface area contributed by atoms with Gasteiger partial charge in [0, 0.05) is 19.2 Å². The van der Waals surface area contributed by atoms with Crippen molar-refractivity contribution >= 4 is 29.0 Å². The van der Waals surface area contributed by atoms with Crippen LogP contribution in [0, 0.1) is 10.1 Å². The maximum Gasteiger partial charge on any atom is 0.314 e. The highest BCUT2D eigenvalue weighted by molar-refractivity contribution is 6.30. The van der Waals surface area contributed by atoms with E-state index in [9.17, 15) is 14.9 Å². The maximum atomic E-state index is 10.6. The van der Waals surface area contributed by atoms with E-state index in [1.807, 2.05) is 0 Å². The third-order valence-corrected chi connectivity index (χ3v) is 1.59. The number of nitrogens with zero attached hydrogens (tertiary/aromatic N) is 2. The first kappa shape index (κ1) is 11.2. The molecule has 1 heterocycles.